The molecule has 6 heteroatoms. The first kappa shape index (κ1) is 17.3. The van der Waals surface area contributed by atoms with E-state index >= 15 is 0 Å². The van der Waals surface area contributed by atoms with Crippen molar-refractivity contribution in [1.82, 2.24) is 18.9 Å². The number of amides is 1. The number of hydrogen-bond donors (Lipinski definition) is 1. The summed E-state index contributed by atoms with van der Waals surface area (Å²) in [5.41, 5.74) is 5.63. The predicted octanol–water partition coefficient (Wildman–Crippen LogP) is 3.76. The quantitative estimate of drug-likeness (QED) is 0.589. The summed E-state index contributed by atoms with van der Waals surface area (Å²) < 4.78 is 4.18. The predicted molar refractivity (Wildman–Crippen MR) is 107 cm³/mol. The highest BCUT2D eigenvalue weighted by molar-refractivity contribution is 5.94. The molecule has 3 heterocycles. The van der Waals surface area contributed by atoms with Crippen molar-refractivity contribution in [2.24, 2.45) is 0 Å². The van der Waals surface area contributed by atoms with E-state index in [2.05, 4.69) is 28.7 Å². The molecule has 1 amide bonds. The van der Waals surface area contributed by atoms with E-state index in [1.165, 1.54) is 0 Å². The zero-order valence-electron chi connectivity index (χ0n) is 15.9. The second kappa shape index (κ2) is 6.87. The maximum absolute atomic E-state index is 12.6. The summed E-state index contributed by atoms with van der Waals surface area (Å²) in [6.45, 7) is 7.13. The summed E-state index contributed by atoms with van der Waals surface area (Å²) >= 11 is 0. The largest absolute Gasteiger partial charge is 0.328 e. The molecule has 4 aromatic rings. The lowest BCUT2D eigenvalue weighted by molar-refractivity contribution is -0.115. The molecular formula is C21H23N5O. The molecular weight excluding hydrogens is 338 g/mol. The van der Waals surface area contributed by atoms with Gasteiger partial charge in [-0.25, -0.2) is 9.97 Å². The van der Waals surface area contributed by atoms with Gasteiger partial charge in [0.05, 0.1) is 23.1 Å². The summed E-state index contributed by atoms with van der Waals surface area (Å²) in [5, 5.41) is 2.99. The lowest BCUT2D eigenvalue weighted by Gasteiger charge is -2.07. The molecule has 0 aliphatic carbocycles. The van der Waals surface area contributed by atoms with Gasteiger partial charge < -0.3 is 14.3 Å². The molecule has 0 fully saturated rings. The zero-order chi connectivity index (χ0) is 19.0. The molecule has 0 spiro atoms. The molecule has 0 saturated carbocycles. The number of nitrogens with zero attached hydrogens (tertiary/aromatic N) is 4. The van der Waals surface area contributed by atoms with E-state index in [4.69, 9.17) is 4.98 Å². The van der Waals surface area contributed by atoms with E-state index in [-0.39, 0.29) is 12.3 Å². The second-order valence-electron chi connectivity index (χ2n) is 6.69. The Morgan fingerprint density at radius 1 is 1.22 bits per heavy atom. The molecule has 0 unspecified atom stereocenters. The number of carbonyl (C=O) groups is 1. The van der Waals surface area contributed by atoms with Gasteiger partial charge in [0.1, 0.15) is 11.5 Å². The molecule has 0 atom stereocenters. The number of carbonyl (C=O) groups excluding carboxylic acids is 1. The Kier molecular flexibility index (Phi) is 4.39. The third-order valence-corrected chi connectivity index (χ3v) is 4.89. The highest BCUT2D eigenvalue weighted by Gasteiger charge is 2.12. The lowest BCUT2D eigenvalue weighted by atomic mass is 10.2. The Balaban J connectivity index is 1.56. The maximum Gasteiger partial charge on any atom is 0.230 e. The highest BCUT2D eigenvalue weighted by atomic mass is 16.1. The van der Waals surface area contributed by atoms with E-state index in [9.17, 15) is 4.79 Å². The van der Waals surface area contributed by atoms with Crippen LogP contribution >= 0.6 is 0 Å². The summed E-state index contributed by atoms with van der Waals surface area (Å²) in [6, 6.07) is 9.89. The van der Waals surface area contributed by atoms with Crippen LogP contribution in [0.15, 0.2) is 42.7 Å². The van der Waals surface area contributed by atoms with Gasteiger partial charge in [0.15, 0.2) is 0 Å². The monoisotopic (exact) mass is 361 g/mol. The van der Waals surface area contributed by atoms with Crippen LogP contribution in [0.5, 0.6) is 0 Å². The Morgan fingerprint density at radius 3 is 2.85 bits per heavy atom. The fourth-order valence-corrected chi connectivity index (χ4v) is 3.58. The standard InChI is InChI=1S/C21H23N5O/c1-4-19-24-17-11-15(8-9-18(17)25(19)5-2)23-20(27)12-16-13-22-21-14(3)7-6-10-26(16)21/h6-11,13H,4-5,12H2,1-3H3,(H,23,27). The number of aryl methyl sites for hydroxylation is 3. The molecule has 3 aromatic heterocycles. The van der Waals surface area contributed by atoms with Crippen LogP contribution in [0.4, 0.5) is 5.69 Å². The van der Waals surface area contributed by atoms with Crippen LogP contribution in [0, 0.1) is 6.92 Å². The Hall–Kier alpha value is -3.15. The van der Waals surface area contributed by atoms with Gasteiger partial charge in [-0.1, -0.05) is 13.0 Å². The van der Waals surface area contributed by atoms with Crippen molar-refractivity contribution < 1.29 is 4.79 Å². The van der Waals surface area contributed by atoms with Gasteiger partial charge in [0, 0.05) is 31.0 Å². The minimum absolute atomic E-state index is 0.0664. The van der Waals surface area contributed by atoms with Gasteiger partial charge in [-0.05, 0) is 43.7 Å². The Morgan fingerprint density at radius 2 is 2.07 bits per heavy atom. The third-order valence-electron chi connectivity index (χ3n) is 4.89. The number of aromatic nitrogens is 4. The molecule has 0 radical (unpaired) electrons. The van der Waals surface area contributed by atoms with Crippen LogP contribution in [0.3, 0.4) is 0 Å². The van der Waals surface area contributed by atoms with Crippen LogP contribution in [-0.4, -0.2) is 24.8 Å². The van der Waals surface area contributed by atoms with Crippen molar-refractivity contribution in [1.29, 1.82) is 0 Å². The van der Waals surface area contributed by atoms with Crippen LogP contribution in [0.25, 0.3) is 16.7 Å². The minimum atomic E-state index is -0.0664. The molecule has 0 aliphatic rings. The summed E-state index contributed by atoms with van der Waals surface area (Å²) in [7, 11) is 0. The normalized spacial score (nSPS) is 11.4. The van der Waals surface area contributed by atoms with Crippen LogP contribution in [0.1, 0.15) is 30.9 Å². The lowest BCUT2D eigenvalue weighted by Crippen LogP contribution is -2.15. The van der Waals surface area contributed by atoms with E-state index in [0.29, 0.717) is 0 Å². The van der Waals surface area contributed by atoms with Crippen molar-refractivity contribution in [2.45, 2.75) is 40.2 Å². The fourth-order valence-electron chi connectivity index (χ4n) is 3.58. The maximum atomic E-state index is 12.6. The smallest absolute Gasteiger partial charge is 0.230 e. The molecule has 0 bridgehead atoms. The number of fused-ring (bicyclic) bond motifs is 2. The summed E-state index contributed by atoms with van der Waals surface area (Å²) in [4.78, 5) is 21.7. The van der Waals surface area contributed by atoms with Gasteiger partial charge in [-0.2, -0.15) is 0 Å². The molecule has 0 aliphatic heterocycles. The van der Waals surface area contributed by atoms with Crippen LogP contribution in [-0.2, 0) is 24.2 Å². The number of benzene rings is 1. The van der Waals surface area contributed by atoms with Crippen molar-refractivity contribution in [2.75, 3.05) is 5.32 Å². The molecule has 138 valence electrons. The molecule has 6 nitrogen and oxygen atoms in total. The fraction of sp³-hybridized carbons (Fsp3) is 0.286. The van der Waals surface area contributed by atoms with E-state index in [1.54, 1.807) is 6.20 Å². The van der Waals surface area contributed by atoms with Gasteiger partial charge in [0.2, 0.25) is 5.91 Å². The average molecular weight is 361 g/mol. The van der Waals surface area contributed by atoms with Gasteiger partial charge >= 0.3 is 0 Å². The summed E-state index contributed by atoms with van der Waals surface area (Å²) in [5.74, 6) is 1.00. The molecule has 4 rings (SSSR count). The summed E-state index contributed by atoms with van der Waals surface area (Å²) in [6.07, 6.45) is 4.86. The van der Waals surface area contributed by atoms with Gasteiger partial charge in [-0.3, -0.25) is 4.79 Å². The van der Waals surface area contributed by atoms with E-state index in [1.807, 2.05) is 47.9 Å². The first-order valence-electron chi connectivity index (χ1n) is 9.31. The van der Waals surface area contributed by atoms with Crippen molar-refractivity contribution in [3.8, 4) is 0 Å². The Bertz CT molecular complexity index is 1140. The van der Waals surface area contributed by atoms with E-state index < -0.39 is 0 Å². The highest BCUT2D eigenvalue weighted by Crippen LogP contribution is 2.21. The van der Waals surface area contributed by atoms with E-state index in [0.717, 1.165) is 52.4 Å². The van der Waals surface area contributed by atoms with Crippen molar-refractivity contribution in [3.05, 3.63) is 59.8 Å². The molecule has 1 N–H and O–H groups in total. The van der Waals surface area contributed by atoms with Crippen molar-refractivity contribution >= 4 is 28.3 Å². The van der Waals surface area contributed by atoms with Gasteiger partial charge in [-0.15, -0.1) is 0 Å². The minimum Gasteiger partial charge on any atom is -0.328 e. The van der Waals surface area contributed by atoms with Crippen LogP contribution in [0.2, 0.25) is 0 Å². The van der Waals surface area contributed by atoms with Gasteiger partial charge in [0.25, 0.3) is 0 Å². The number of hydrogen-bond acceptors (Lipinski definition) is 3. The Labute approximate surface area is 157 Å². The molecule has 1 aromatic carbocycles. The number of anilines is 1. The number of nitrogens with one attached hydrogen (secondary N) is 1. The topological polar surface area (TPSA) is 64.2 Å². The zero-order valence-corrected chi connectivity index (χ0v) is 15.9. The molecule has 27 heavy (non-hydrogen) atoms. The number of pyridine rings is 1. The first-order valence-corrected chi connectivity index (χ1v) is 9.31. The first-order chi connectivity index (χ1) is 13.1. The SMILES string of the molecule is CCc1nc2cc(NC(=O)Cc3cnc4c(C)cccn34)ccc2n1CC. The van der Waals surface area contributed by atoms with Crippen LogP contribution < -0.4 is 5.32 Å². The second-order valence-corrected chi connectivity index (χ2v) is 6.69. The molecule has 0 saturated heterocycles. The average Bonchev–Trinajstić information content (AvgIpc) is 3.23. The van der Waals surface area contributed by atoms with Crippen molar-refractivity contribution in [3.63, 3.8) is 0 Å². The number of rotatable bonds is 5. The third kappa shape index (κ3) is 3.07. The number of imidazole rings is 2.